The fourth-order valence-corrected chi connectivity index (χ4v) is 1.74. The highest BCUT2D eigenvalue weighted by molar-refractivity contribution is 5.44. The van der Waals surface area contributed by atoms with Crippen LogP contribution in [0.4, 0.5) is 10.1 Å². The standard InChI is InChI=1S/C16H18FNO/c1-12-3-5-14(6-4-12)18-9-10-19-15-7-8-16(17)13(2)11-15/h3-8,11,18H,9-10H2,1-2H3. The van der Waals surface area contributed by atoms with Crippen molar-refractivity contribution in [2.75, 3.05) is 18.5 Å². The van der Waals surface area contributed by atoms with Gasteiger partial charge < -0.3 is 10.1 Å². The van der Waals surface area contributed by atoms with Crippen molar-refractivity contribution in [3.8, 4) is 5.75 Å². The molecule has 0 saturated carbocycles. The molecule has 0 aliphatic rings. The van der Waals surface area contributed by atoms with E-state index in [1.165, 1.54) is 11.6 Å². The molecule has 0 heterocycles. The Morgan fingerprint density at radius 2 is 1.79 bits per heavy atom. The van der Waals surface area contributed by atoms with Crippen molar-refractivity contribution in [2.24, 2.45) is 0 Å². The normalized spacial score (nSPS) is 10.3. The first-order valence-corrected chi connectivity index (χ1v) is 6.34. The van der Waals surface area contributed by atoms with Crippen LogP contribution < -0.4 is 10.1 Å². The lowest BCUT2D eigenvalue weighted by Crippen LogP contribution is -2.11. The van der Waals surface area contributed by atoms with Gasteiger partial charge in [0.1, 0.15) is 18.2 Å². The summed E-state index contributed by atoms with van der Waals surface area (Å²) in [6, 6.07) is 13.0. The van der Waals surface area contributed by atoms with Crippen molar-refractivity contribution in [2.45, 2.75) is 13.8 Å². The molecule has 0 aliphatic carbocycles. The van der Waals surface area contributed by atoms with Gasteiger partial charge in [0, 0.05) is 12.2 Å². The van der Waals surface area contributed by atoms with Gasteiger partial charge in [0.25, 0.3) is 0 Å². The molecule has 1 N–H and O–H groups in total. The van der Waals surface area contributed by atoms with E-state index in [0.717, 1.165) is 5.69 Å². The molecule has 0 fully saturated rings. The van der Waals surface area contributed by atoms with Gasteiger partial charge in [0.15, 0.2) is 0 Å². The predicted octanol–water partition coefficient (Wildman–Crippen LogP) is 3.93. The molecule has 0 aromatic heterocycles. The molecule has 0 amide bonds. The second-order valence-electron chi connectivity index (χ2n) is 4.55. The maximum atomic E-state index is 13.1. The molecule has 2 rings (SSSR count). The lowest BCUT2D eigenvalue weighted by Gasteiger charge is -2.09. The zero-order valence-corrected chi connectivity index (χ0v) is 11.2. The maximum Gasteiger partial charge on any atom is 0.126 e. The summed E-state index contributed by atoms with van der Waals surface area (Å²) in [5, 5.41) is 3.27. The topological polar surface area (TPSA) is 21.3 Å². The van der Waals surface area contributed by atoms with Crippen LogP contribution in [-0.4, -0.2) is 13.2 Å². The van der Waals surface area contributed by atoms with Crippen LogP contribution in [0, 0.1) is 19.7 Å². The average Bonchev–Trinajstić information content (AvgIpc) is 2.41. The number of nitrogens with one attached hydrogen (secondary N) is 1. The van der Waals surface area contributed by atoms with Crippen LogP contribution in [0.25, 0.3) is 0 Å². The van der Waals surface area contributed by atoms with Gasteiger partial charge in [-0.1, -0.05) is 17.7 Å². The van der Waals surface area contributed by atoms with E-state index >= 15 is 0 Å². The molecular weight excluding hydrogens is 241 g/mol. The van der Waals surface area contributed by atoms with Crippen molar-refractivity contribution in [3.63, 3.8) is 0 Å². The molecule has 19 heavy (non-hydrogen) atoms. The lowest BCUT2D eigenvalue weighted by molar-refractivity contribution is 0.332. The van der Waals surface area contributed by atoms with Crippen LogP contribution in [0.1, 0.15) is 11.1 Å². The fourth-order valence-electron chi connectivity index (χ4n) is 1.74. The summed E-state index contributed by atoms with van der Waals surface area (Å²) < 4.78 is 18.6. The molecule has 3 heteroatoms. The van der Waals surface area contributed by atoms with Crippen LogP contribution in [0.2, 0.25) is 0 Å². The second-order valence-corrected chi connectivity index (χ2v) is 4.55. The SMILES string of the molecule is Cc1ccc(NCCOc2ccc(F)c(C)c2)cc1. The molecule has 0 radical (unpaired) electrons. The van der Waals surface area contributed by atoms with E-state index < -0.39 is 0 Å². The summed E-state index contributed by atoms with van der Waals surface area (Å²) in [7, 11) is 0. The Labute approximate surface area is 113 Å². The van der Waals surface area contributed by atoms with Crippen LogP contribution in [-0.2, 0) is 0 Å². The fraction of sp³-hybridized carbons (Fsp3) is 0.250. The zero-order chi connectivity index (χ0) is 13.7. The van der Waals surface area contributed by atoms with Crippen molar-refractivity contribution in [1.82, 2.24) is 0 Å². The predicted molar refractivity (Wildman–Crippen MR) is 76.3 cm³/mol. The summed E-state index contributed by atoms with van der Waals surface area (Å²) in [6.07, 6.45) is 0. The van der Waals surface area contributed by atoms with Gasteiger partial charge >= 0.3 is 0 Å². The van der Waals surface area contributed by atoms with E-state index in [-0.39, 0.29) is 5.82 Å². The largest absolute Gasteiger partial charge is 0.492 e. The summed E-state index contributed by atoms with van der Waals surface area (Å²) >= 11 is 0. The summed E-state index contributed by atoms with van der Waals surface area (Å²) in [5.74, 6) is 0.495. The molecule has 2 nitrogen and oxygen atoms in total. The van der Waals surface area contributed by atoms with Crippen LogP contribution in [0.15, 0.2) is 42.5 Å². The monoisotopic (exact) mass is 259 g/mol. The van der Waals surface area contributed by atoms with E-state index in [1.54, 1.807) is 19.1 Å². The third-order valence-electron chi connectivity index (χ3n) is 2.88. The van der Waals surface area contributed by atoms with Crippen molar-refractivity contribution < 1.29 is 9.13 Å². The molecule has 0 saturated heterocycles. The van der Waals surface area contributed by atoms with Gasteiger partial charge in [0.2, 0.25) is 0 Å². The van der Waals surface area contributed by atoms with Gasteiger partial charge in [-0.25, -0.2) is 4.39 Å². The van der Waals surface area contributed by atoms with Gasteiger partial charge in [-0.05, 0) is 49.7 Å². The van der Waals surface area contributed by atoms with Crippen molar-refractivity contribution in [1.29, 1.82) is 0 Å². The molecule has 0 atom stereocenters. The first-order valence-electron chi connectivity index (χ1n) is 6.34. The van der Waals surface area contributed by atoms with Crippen molar-refractivity contribution >= 4 is 5.69 Å². The molecule has 100 valence electrons. The van der Waals surface area contributed by atoms with Crippen LogP contribution in [0.5, 0.6) is 5.75 Å². The number of hydrogen-bond acceptors (Lipinski definition) is 2. The van der Waals surface area contributed by atoms with E-state index in [0.29, 0.717) is 24.5 Å². The lowest BCUT2D eigenvalue weighted by atomic mass is 10.2. The Kier molecular flexibility index (Phi) is 4.39. The molecule has 2 aromatic carbocycles. The molecule has 0 aliphatic heterocycles. The number of halogens is 1. The van der Waals surface area contributed by atoms with E-state index in [4.69, 9.17) is 4.74 Å². The molecule has 0 bridgehead atoms. The van der Waals surface area contributed by atoms with Crippen molar-refractivity contribution in [3.05, 3.63) is 59.4 Å². The highest BCUT2D eigenvalue weighted by atomic mass is 19.1. The first-order chi connectivity index (χ1) is 9.15. The third-order valence-corrected chi connectivity index (χ3v) is 2.88. The Morgan fingerprint density at radius 1 is 1.05 bits per heavy atom. The van der Waals surface area contributed by atoms with E-state index in [9.17, 15) is 4.39 Å². The molecular formula is C16H18FNO. The quantitative estimate of drug-likeness (QED) is 0.821. The van der Waals surface area contributed by atoms with E-state index in [2.05, 4.69) is 24.4 Å². The van der Waals surface area contributed by atoms with Gasteiger partial charge in [0.05, 0.1) is 0 Å². The third kappa shape index (κ3) is 3.98. The minimum absolute atomic E-state index is 0.204. The van der Waals surface area contributed by atoms with E-state index in [1.807, 2.05) is 12.1 Å². The molecule has 2 aromatic rings. The smallest absolute Gasteiger partial charge is 0.126 e. The van der Waals surface area contributed by atoms with Gasteiger partial charge in [-0.2, -0.15) is 0 Å². The van der Waals surface area contributed by atoms with Crippen LogP contribution >= 0.6 is 0 Å². The minimum Gasteiger partial charge on any atom is -0.492 e. The molecule has 0 spiro atoms. The first kappa shape index (κ1) is 13.4. The number of anilines is 1. The number of aryl methyl sites for hydroxylation is 2. The Hall–Kier alpha value is -2.03. The molecule has 0 unspecified atom stereocenters. The summed E-state index contributed by atoms with van der Waals surface area (Å²) in [4.78, 5) is 0. The minimum atomic E-state index is -0.204. The highest BCUT2D eigenvalue weighted by Gasteiger charge is 1.99. The Morgan fingerprint density at radius 3 is 2.47 bits per heavy atom. The number of rotatable bonds is 5. The number of ether oxygens (including phenoxy) is 1. The van der Waals surface area contributed by atoms with Crippen LogP contribution in [0.3, 0.4) is 0 Å². The number of benzene rings is 2. The zero-order valence-electron chi connectivity index (χ0n) is 11.2. The highest BCUT2D eigenvalue weighted by Crippen LogP contribution is 2.15. The Balaban J connectivity index is 1.77. The van der Waals surface area contributed by atoms with Gasteiger partial charge in [-0.15, -0.1) is 0 Å². The summed E-state index contributed by atoms with van der Waals surface area (Å²) in [6.45, 7) is 5.04. The Bertz CT molecular complexity index is 537. The number of hydrogen-bond donors (Lipinski definition) is 1. The second kappa shape index (κ2) is 6.23. The summed E-state index contributed by atoms with van der Waals surface area (Å²) in [5.41, 5.74) is 2.91. The van der Waals surface area contributed by atoms with Gasteiger partial charge in [-0.3, -0.25) is 0 Å². The maximum absolute atomic E-state index is 13.1. The average molecular weight is 259 g/mol.